The molecule has 0 aliphatic carbocycles. The Labute approximate surface area is 108 Å². The van der Waals surface area contributed by atoms with Crippen LogP contribution in [-0.4, -0.2) is 53.1 Å². The SMILES string of the molecule is CN1C(=O)CC12CCN(C(=O)OC(C)(C)C)CC2. The molecular formula is C13H22N2O3. The van der Waals surface area contributed by atoms with Crippen LogP contribution >= 0.6 is 0 Å². The molecule has 102 valence electrons. The summed E-state index contributed by atoms with van der Waals surface area (Å²) in [6.45, 7) is 6.96. The lowest BCUT2D eigenvalue weighted by Gasteiger charge is -2.54. The fraction of sp³-hybridized carbons (Fsp3) is 0.846. The average Bonchev–Trinajstić information content (AvgIpc) is 2.27. The number of β-lactam (4-membered cyclic amide) rings is 1. The molecule has 2 aliphatic heterocycles. The number of carbonyl (C=O) groups is 2. The van der Waals surface area contributed by atoms with Gasteiger partial charge in [0.1, 0.15) is 5.60 Å². The number of likely N-dealkylation sites (tertiary alicyclic amines) is 2. The Morgan fingerprint density at radius 3 is 2.22 bits per heavy atom. The highest BCUT2D eigenvalue weighted by atomic mass is 16.6. The van der Waals surface area contributed by atoms with Crippen LogP contribution in [0.1, 0.15) is 40.0 Å². The summed E-state index contributed by atoms with van der Waals surface area (Å²) in [6.07, 6.45) is 2.10. The van der Waals surface area contributed by atoms with Crippen molar-refractivity contribution in [1.29, 1.82) is 0 Å². The maximum absolute atomic E-state index is 11.9. The number of amides is 2. The summed E-state index contributed by atoms with van der Waals surface area (Å²) >= 11 is 0. The van der Waals surface area contributed by atoms with Gasteiger partial charge < -0.3 is 14.5 Å². The standard InChI is InChI=1S/C13H22N2O3/c1-12(2,3)18-11(17)15-7-5-13(6-8-15)9-10(16)14(13)4/h5-9H2,1-4H3. The molecule has 0 radical (unpaired) electrons. The Kier molecular flexibility index (Phi) is 3.03. The highest BCUT2D eigenvalue weighted by molar-refractivity contribution is 5.84. The first-order valence-electron chi connectivity index (χ1n) is 6.48. The molecule has 1 spiro atoms. The molecule has 0 saturated carbocycles. The third kappa shape index (κ3) is 2.31. The number of ether oxygens (including phenoxy) is 1. The number of nitrogens with zero attached hydrogens (tertiary/aromatic N) is 2. The smallest absolute Gasteiger partial charge is 0.410 e. The molecule has 0 aromatic heterocycles. The Morgan fingerprint density at radius 1 is 1.28 bits per heavy atom. The summed E-state index contributed by atoms with van der Waals surface area (Å²) < 4.78 is 5.35. The van der Waals surface area contributed by atoms with Gasteiger partial charge in [-0.1, -0.05) is 0 Å². The molecule has 2 saturated heterocycles. The van der Waals surface area contributed by atoms with E-state index in [-0.39, 0.29) is 17.5 Å². The summed E-state index contributed by atoms with van der Waals surface area (Å²) in [5.74, 6) is 0.209. The van der Waals surface area contributed by atoms with Crippen LogP contribution in [-0.2, 0) is 9.53 Å². The second-order valence-electron chi connectivity index (χ2n) is 6.32. The topological polar surface area (TPSA) is 49.9 Å². The Morgan fingerprint density at radius 2 is 1.83 bits per heavy atom. The maximum atomic E-state index is 11.9. The molecule has 0 N–H and O–H groups in total. The van der Waals surface area contributed by atoms with Gasteiger partial charge in [-0.05, 0) is 33.6 Å². The van der Waals surface area contributed by atoms with Crippen molar-refractivity contribution in [3.8, 4) is 0 Å². The molecule has 5 nitrogen and oxygen atoms in total. The second-order valence-corrected chi connectivity index (χ2v) is 6.32. The molecule has 5 heteroatoms. The van der Waals surface area contributed by atoms with E-state index in [1.54, 1.807) is 4.90 Å². The zero-order valence-corrected chi connectivity index (χ0v) is 11.7. The van der Waals surface area contributed by atoms with Gasteiger partial charge in [0.05, 0.1) is 12.0 Å². The first-order chi connectivity index (χ1) is 8.23. The first kappa shape index (κ1) is 13.2. The van der Waals surface area contributed by atoms with Crippen molar-refractivity contribution in [3.63, 3.8) is 0 Å². The minimum atomic E-state index is -0.449. The molecular weight excluding hydrogens is 232 g/mol. The van der Waals surface area contributed by atoms with Crippen LogP contribution < -0.4 is 0 Å². The molecule has 18 heavy (non-hydrogen) atoms. The van der Waals surface area contributed by atoms with Crippen LogP contribution in [0, 0.1) is 0 Å². The Hall–Kier alpha value is -1.26. The van der Waals surface area contributed by atoms with E-state index in [2.05, 4.69) is 0 Å². The summed E-state index contributed by atoms with van der Waals surface area (Å²) in [4.78, 5) is 26.8. The minimum Gasteiger partial charge on any atom is -0.444 e. The molecule has 2 heterocycles. The molecule has 2 rings (SSSR count). The van der Waals surface area contributed by atoms with E-state index in [0.717, 1.165) is 12.8 Å². The van der Waals surface area contributed by atoms with E-state index < -0.39 is 5.60 Å². The van der Waals surface area contributed by atoms with Crippen molar-refractivity contribution >= 4 is 12.0 Å². The lowest BCUT2D eigenvalue weighted by atomic mass is 9.76. The molecule has 2 fully saturated rings. The van der Waals surface area contributed by atoms with Gasteiger partial charge in [-0.15, -0.1) is 0 Å². The molecule has 2 amide bonds. The van der Waals surface area contributed by atoms with Gasteiger partial charge in [0.2, 0.25) is 5.91 Å². The van der Waals surface area contributed by atoms with E-state index in [1.807, 2.05) is 32.7 Å². The monoisotopic (exact) mass is 254 g/mol. The van der Waals surface area contributed by atoms with Crippen molar-refractivity contribution in [2.24, 2.45) is 0 Å². The quantitative estimate of drug-likeness (QED) is 0.617. The fourth-order valence-electron chi connectivity index (χ4n) is 2.64. The lowest BCUT2D eigenvalue weighted by molar-refractivity contribution is -0.157. The van der Waals surface area contributed by atoms with Gasteiger partial charge in [0.15, 0.2) is 0 Å². The first-order valence-corrected chi connectivity index (χ1v) is 6.48. The summed E-state index contributed by atoms with van der Waals surface area (Å²) in [6, 6.07) is 0. The van der Waals surface area contributed by atoms with Gasteiger partial charge in [0.25, 0.3) is 0 Å². The van der Waals surface area contributed by atoms with Crippen LogP contribution in [0.2, 0.25) is 0 Å². The van der Waals surface area contributed by atoms with Crippen LogP contribution in [0.3, 0.4) is 0 Å². The summed E-state index contributed by atoms with van der Waals surface area (Å²) in [5, 5.41) is 0. The van der Waals surface area contributed by atoms with Crippen LogP contribution in [0.15, 0.2) is 0 Å². The maximum Gasteiger partial charge on any atom is 0.410 e. The predicted octanol–water partition coefficient (Wildman–Crippen LogP) is 1.62. The van der Waals surface area contributed by atoms with Crippen LogP contribution in [0.5, 0.6) is 0 Å². The van der Waals surface area contributed by atoms with Crippen LogP contribution in [0.25, 0.3) is 0 Å². The number of hydrogen-bond acceptors (Lipinski definition) is 3. The third-order valence-electron chi connectivity index (χ3n) is 3.91. The number of rotatable bonds is 0. The highest BCUT2D eigenvalue weighted by Crippen LogP contribution is 2.39. The predicted molar refractivity (Wildman–Crippen MR) is 67.2 cm³/mol. The van der Waals surface area contributed by atoms with E-state index in [9.17, 15) is 9.59 Å². The molecule has 0 bridgehead atoms. The zero-order chi connectivity index (χ0) is 13.6. The van der Waals surface area contributed by atoms with Crippen LogP contribution in [0.4, 0.5) is 4.79 Å². The largest absolute Gasteiger partial charge is 0.444 e. The third-order valence-corrected chi connectivity index (χ3v) is 3.91. The van der Waals surface area contributed by atoms with E-state index in [1.165, 1.54) is 0 Å². The van der Waals surface area contributed by atoms with Gasteiger partial charge >= 0.3 is 6.09 Å². The van der Waals surface area contributed by atoms with Crippen molar-refractivity contribution in [2.75, 3.05) is 20.1 Å². The zero-order valence-electron chi connectivity index (χ0n) is 11.7. The number of carbonyl (C=O) groups excluding carboxylic acids is 2. The molecule has 0 aromatic rings. The van der Waals surface area contributed by atoms with Crippen molar-refractivity contribution in [1.82, 2.24) is 9.80 Å². The van der Waals surface area contributed by atoms with E-state index in [4.69, 9.17) is 4.74 Å². The molecule has 0 atom stereocenters. The fourth-order valence-corrected chi connectivity index (χ4v) is 2.64. The lowest BCUT2D eigenvalue weighted by Crippen LogP contribution is -2.65. The van der Waals surface area contributed by atoms with Gasteiger partial charge in [-0.3, -0.25) is 4.79 Å². The molecule has 2 aliphatic rings. The van der Waals surface area contributed by atoms with Gasteiger partial charge in [-0.2, -0.15) is 0 Å². The van der Waals surface area contributed by atoms with Crippen molar-refractivity contribution in [2.45, 2.75) is 51.2 Å². The van der Waals surface area contributed by atoms with Gasteiger partial charge in [0, 0.05) is 20.1 Å². The Bertz CT molecular complexity index is 365. The normalized spacial score (nSPS) is 23.0. The number of hydrogen-bond donors (Lipinski definition) is 0. The molecule has 0 aromatic carbocycles. The Balaban J connectivity index is 1.88. The highest BCUT2D eigenvalue weighted by Gasteiger charge is 2.50. The molecule has 0 unspecified atom stereocenters. The van der Waals surface area contributed by atoms with Crippen molar-refractivity contribution < 1.29 is 14.3 Å². The average molecular weight is 254 g/mol. The van der Waals surface area contributed by atoms with Gasteiger partial charge in [-0.25, -0.2) is 4.79 Å². The van der Waals surface area contributed by atoms with E-state index >= 15 is 0 Å². The number of piperidine rings is 1. The second kappa shape index (κ2) is 4.14. The summed E-state index contributed by atoms with van der Waals surface area (Å²) in [5.41, 5.74) is -0.439. The van der Waals surface area contributed by atoms with E-state index in [0.29, 0.717) is 19.5 Å². The minimum absolute atomic E-state index is 0.00952. The van der Waals surface area contributed by atoms with Crippen molar-refractivity contribution in [3.05, 3.63) is 0 Å². The summed E-state index contributed by atoms with van der Waals surface area (Å²) in [7, 11) is 1.86.